The number of aliphatic hydroxyl groups is 1. The van der Waals surface area contributed by atoms with Crippen molar-refractivity contribution in [2.45, 2.75) is 13.2 Å². The summed E-state index contributed by atoms with van der Waals surface area (Å²) in [6.45, 7) is 3.08. The highest BCUT2D eigenvalue weighted by molar-refractivity contribution is 9.09. The van der Waals surface area contributed by atoms with Crippen molar-refractivity contribution in [3.05, 3.63) is 12.2 Å². The first-order valence-corrected chi connectivity index (χ1v) is 5.02. The van der Waals surface area contributed by atoms with E-state index >= 15 is 0 Å². The molecular weight excluding hydrogens is 224 g/mol. The monoisotopic (exact) mass is 238 g/mol. The fourth-order valence-corrected chi connectivity index (χ4v) is 1.00. The summed E-state index contributed by atoms with van der Waals surface area (Å²) < 4.78 is 10.5. The van der Waals surface area contributed by atoms with Crippen LogP contribution in [-0.2, 0) is 9.47 Å². The molecule has 0 fully saturated rings. The van der Waals surface area contributed by atoms with Gasteiger partial charge in [-0.15, -0.1) is 0 Å². The van der Waals surface area contributed by atoms with Crippen molar-refractivity contribution in [1.82, 2.24) is 0 Å². The SMILES string of the molecule is CCOC(CBr)OCC=CCO. The topological polar surface area (TPSA) is 38.7 Å². The van der Waals surface area contributed by atoms with Crippen LogP contribution in [0.3, 0.4) is 0 Å². The normalized spacial score (nSPS) is 13.9. The van der Waals surface area contributed by atoms with Gasteiger partial charge in [0.1, 0.15) is 0 Å². The first-order chi connectivity index (χ1) is 5.85. The minimum absolute atomic E-state index is 0.0526. The predicted octanol–water partition coefficient (Wildman–Crippen LogP) is 1.31. The van der Waals surface area contributed by atoms with Gasteiger partial charge in [0.15, 0.2) is 6.29 Å². The van der Waals surface area contributed by atoms with Crippen molar-refractivity contribution >= 4 is 15.9 Å². The van der Waals surface area contributed by atoms with E-state index in [9.17, 15) is 0 Å². The Morgan fingerprint density at radius 3 is 2.67 bits per heavy atom. The molecule has 0 aromatic rings. The number of aliphatic hydroxyl groups excluding tert-OH is 1. The van der Waals surface area contributed by atoms with E-state index in [1.54, 1.807) is 12.2 Å². The lowest BCUT2D eigenvalue weighted by molar-refractivity contribution is -0.114. The Hall–Kier alpha value is 0.100. The maximum atomic E-state index is 8.41. The second-order valence-corrected chi connectivity index (χ2v) is 2.67. The van der Waals surface area contributed by atoms with Gasteiger partial charge in [-0.05, 0) is 6.92 Å². The van der Waals surface area contributed by atoms with Crippen LogP contribution in [0, 0.1) is 0 Å². The average molecular weight is 239 g/mol. The highest BCUT2D eigenvalue weighted by Gasteiger charge is 2.03. The molecule has 0 aliphatic heterocycles. The van der Waals surface area contributed by atoms with Crippen molar-refractivity contribution in [2.75, 3.05) is 25.2 Å². The Morgan fingerprint density at radius 1 is 1.42 bits per heavy atom. The van der Waals surface area contributed by atoms with Crippen molar-refractivity contribution in [1.29, 1.82) is 0 Å². The van der Waals surface area contributed by atoms with Crippen LogP contribution in [0.5, 0.6) is 0 Å². The van der Waals surface area contributed by atoms with Gasteiger partial charge >= 0.3 is 0 Å². The Labute approximate surface area is 81.5 Å². The van der Waals surface area contributed by atoms with Gasteiger partial charge in [-0.1, -0.05) is 28.1 Å². The highest BCUT2D eigenvalue weighted by Crippen LogP contribution is 1.99. The van der Waals surface area contributed by atoms with E-state index in [0.29, 0.717) is 18.5 Å². The van der Waals surface area contributed by atoms with Gasteiger partial charge in [0.05, 0.1) is 18.5 Å². The third kappa shape index (κ3) is 6.79. The highest BCUT2D eigenvalue weighted by atomic mass is 79.9. The standard InChI is InChI=1S/C8H15BrO3/c1-2-11-8(7-9)12-6-4-3-5-10/h3-4,8,10H,2,5-7H2,1H3. The van der Waals surface area contributed by atoms with Crippen LogP contribution in [0.4, 0.5) is 0 Å². The predicted molar refractivity (Wildman–Crippen MR) is 51.4 cm³/mol. The van der Waals surface area contributed by atoms with Gasteiger partial charge in [-0.3, -0.25) is 0 Å². The summed E-state index contributed by atoms with van der Waals surface area (Å²) in [6.07, 6.45) is 3.20. The van der Waals surface area contributed by atoms with Gasteiger partial charge in [-0.2, -0.15) is 0 Å². The zero-order valence-electron chi connectivity index (χ0n) is 7.20. The molecule has 72 valence electrons. The molecular formula is C8H15BrO3. The zero-order chi connectivity index (χ0) is 9.23. The molecule has 0 aliphatic carbocycles. The van der Waals surface area contributed by atoms with Crippen LogP contribution < -0.4 is 0 Å². The molecule has 0 spiro atoms. The fraction of sp³-hybridized carbons (Fsp3) is 0.750. The second kappa shape index (κ2) is 9.19. The van der Waals surface area contributed by atoms with Crippen molar-refractivity contribution in [2.24, 2.45) is 0 Å². The van der Waals surface area contributed by atoms with Crippen LogP contribution in [0.2, 0.25) is 0 Å². The Kier molecular flexibility index (Phi) is 9.27. The zero-order valence-corrected chi connectivity index (χ0v) is 8.79. The number of hydrogen-bond donors (Lipinski definition) is 1. The summed E-state index contributed by atoms with van der Waals surface area (Å²) in [6, 6.07) is 0. The molecule has 0 aromatic carbocycles. The van der Waals surface area contributed by atoms with E-state index in [-0.39, 0.29) is 12.9 Å². The quantitative estimate of drug-likeness (QED) is 0.413. The molecule has 0 heterocycles. The molecule has 1 N–H and O–H groups in total. The van der Waals surface area contributed by atoms with Crippen LogP contribution in [0.25, 0.3) is 0 Å². The summed E-state index contributed by atoms with van der Waals surface area (Å²) in [5, 5.41) is 9.07. The molecule has 0 amide bonds. The van der Waals surface area contributed by atoms with E-state index in [1.165, 1.54) is 0 Å². The third-order valence-corrected chi connectivity index (χ3v) is 1.66. The number of rotatable bonds is 7. The average Bonchev–Trinajstić information content (AvgIpc) is 2.10. The number of alkyl halides is 1. The van der Waals surface area contributed by atoms with Gasteiger partial charge in [0.2, 0.25) is 0 Å². The van der Waals surface area contributed by atoms with Crippen LogP contribution >= 0.6 is 15.9 Å². The smallest absolute Gasteiger partial charge is 0.167 e. The molecule has 12 heavy (non-hydrogen) atoms. The molecule has 4 heteroatoms. The molecule has 0 aromatic heterocycles. The van der Waals surface area contributed by atoms with Crippen molar-refractivity contribution in [3.63, 3.8) is 0 Å². The maximum Gasteiger partial charge on any atom is 0.167 e. The van der Waals surface area contributed by atoms with E-state index in [4.69, 9.17) is 14.6 Å². The van der Waals surface area contributed by atoms with E-state index in [0.717, 1.165) is 0 Å². The van der Waals surface area contributed by atoms with Crippen LogP contribution in [0.15, 0.2) is 12.2 Å². The molecule has 3 nitrogen and oxygen atoms in total. The molecule has 1 atom stereocenters. The van der Waals surface area contributed by atoms with E-state index < -0.39 is 0 Å². The number of ether oxygens (including phenoxy) is 2. The van der Waals surface area contributed by atoms with Crippen LogP contribution in [0.1, 0.15) is 6.92 Å². The van der Waals surface area contributed by atoms with Gasteiger partial charge < -0.3 is 14.6 Å². The summed E-state index contributed by atoms with van der Waals surface area (Å²) in [5.41, 5.74) is 0. The molecule has 0 bridgehead atoms. The summed E-state index contributed by atoms with van der Waals surface area (Å²) in [7, 11) is 0. The number of halogens is 1. The molecule has 0 aliphatic rings. The Morgan fingerprint density at radius 2 is 2.17 bits per heavy atom. The van der Waals surface area contributed by atoms with E-state index in [2.05, 4.69) is 15.9 Å². The molecule has 1 unspecified atom stereocenters. The summed E-state index contributed by atoms with van der Waals surface area (Å²) in [5.74, 6) is 0. The first kappa shape index (κ1) is 12.1. The minimum atomic E-state index is -0.196. The first-order valence-electron chi connectivity index (χ1n) is 3.90. The Bertz CT molecular complexity index is 117. The third-order valence-electron chi connectivity index (χ3n) is 1.13. The summed E-state index contributed by atoms with van der Waals surface area (Å²) in [4.78, 5) is 0. The lowest BCUT2D eigenvalue weighted by Gasteiger charge is -2.13. The van der Waals surface area contributed by atoms with Gasteiger partial charge in [-0.25, -0.2) is 0 Å². The van der Waals surface area contributed by atoms with Gasteiger partial charge in [0, 0.05) is 6.61 Å². The van der Waals surface area contributed by atoms with Gasteiger partial charge in [0.25, 0.3) is 0 Å². The van der Waals surface area contributed by atoms with Crippen LogP contribution in [-0.4, -0.2) is 36.5 Å². The lowest BCUT2D eigenvalue weighted by Crippen LogP contribution is -2.18. The molecule has 0 rings (SSSR count). The molecule has 0 saturated heterocycles. The summed E-state index contributed by atoms with van der Waals surface area (Å²) >= 11 is 3.26. The lowest BCUT2D eigenvalue weighted by atomic mass is 10.5. The second-order valence-electron chi connectivity index (χ2n) is 2.03. The fourth-order valence-electron chi connectivity index (χ4n) is 0.629. The molecule has 0 saturated carbocycles. The largest absolute Gasteiger partial charge is 0.392 e. The minimum Gasteiger partial charge on any atom is -0.392 e. The van der Waals surface area contributed by atoms with Crippen molar-refractivity contribution in [3.8, 4) is 0 Å². The van der Waals surface area contributed by atoms with Crippen molar-refractivity contribution < 1.29 is 14.6 Å². The molecule has 0 radical (unpaired) electrons. The maximum absolute atomic E-state index is 8.41. The Balaban J connectivity index is 3.37. The van der Waals surface area contributed by atoms with E-state index in [1.807, 2.05) is 6.92 Å². The number of hydrogen-bond acceptors (Lipinski definition) is 3.